The summed E-state index contributed by atoms with van der Waals surface area (Å²) in [5.74, 6) is -0.719. The van der Waals surface area contributed by atoms with E-state index in [0.717, 1.165) is 17.2 Å². The van der Waals surface area contributed by atoms with Crippen molar-refractivity contribution in [3.05, 3.63) is 94.0 Å². The van der Waals surface area contributed by atoms with Crippen LogP contribution in [0.2, 0.25) is 0 Å². The van der Waals surface area contributed by atoms with Gasteiger partial charge in [-0.15, -0.1) is 0 Å². The zero-order valence-electron chi connectivity index (χ0n) is 16.1. The first-order valence-electron chi connectivity index (χ1n) is 9.07. The summed E-state index contributed by atoms with van der Waals surface area (Å²) in [4.78, 5) is 34.7. The molecule has 152 valence electrons. The summed E-state index contributed by atoms with van der Waals surface area (Å²) >= 11 is 0. The molecule has 30 heavy (non-hydrogen) atoms. The molecule has 0 heterocycles. The molecule has 3 rings (SSSR count). The number of nitrogens with zero attached hydrogens (tertiary/aromatic N) is 1. The second-order valence-electron chi connectivity index (χ2n) is 6.41. The number of benzene rings is 3. The Morgan fingerprint density at radius 1 is 0.967 bits per heavy atom. The molecule has 8 heteroatoms. The van der Waals surface area contributed by atoms with E-state index in [4.69, 9.17) is 4.74 Å². The second-order valence-corrected chi connectivity index (χ2v) is 6.41. The summed E-state index contributed by atoms with van der Waals surface area (Å²) in [5, 5.41) is 11.0. The maximum atomic E-state index is 12.2. The molecule has 0 aliphatic rings. The van der Waals surface area contributed by atoms with Crippen molar-refractivity contribution in [3.63, 3.8) is 0 Å². The van der Waals surface area contributed by atoms with Gasteiger partial charge in [0.1, 0.15) is 5.75 Å². The molecular weight excluding hydrogens is 386 g/mol. The Morgan fingerprint density at radius 2 is 1.67 bits per heavy atom. The molecule has 0 fully saturated rings. The quantitative estimate of drug-likeness (QED) is 0.482. The van der Waals surface area contributed by atoms with Crippen LogP contribution in [0.4, 0.5) is 5.69 Å². The zero-order valence-corrected chi connectivity index (χ0v) is 16.1. The van der Waals surface area contributed by atoms with Crippen molar-refractivity contribution < 1.29 is 19.2 Å². The van der Waals surface area contributed by atoms with Gasteiger partial charge < -0.3 is 4.74 Å². The fourth-order valence-corrected chi connectivity index (χ4v) is 2.77. The number of ether oxygens (including phenoxy) is 1. The lowest BCUT2D eigenvalue weighted by molar-refractivity contribution is -0.385. The van der Waals surface area contributed by atoms with E-state index >= 15 is 0 Å². The maximum Gasteiger partial charge on any atom is 0.276 e. The largest absolute Gasteiger partial charge is 0.483 e. The molecule has 8 nitrogen and oxygen atoms in total. The Labute approximate surface area is 172 Å². The Bertz CT molecular complexity index is 1080. The predicted molar refractivity (Wildman–Crippen MR) is 111 cm³/mol. The number of carbonyl (C=O) groups is 2. The summed E-state index contributed by atoms with van der Waals surface area (Å²) < 4.78 is 5.61. The number of carbonyl (C=O) groups excluding carboxylic acids is 2. The minimum Gasteiger partial charge on any atom is -0.483 e. The van der Waals surface area contributed by atoms with E-state index < -0.39 is 16.7 Å². The Kier molecular flexibility index (Phi) is 6.39. The fourth-order valence-electron chi connectivity index (χ4n) is 2.77. The second kappa shape index (κ2) is 9.33. The molecule has 2 N–H and O–H groups in total. The van der Waals surface area contributed by atoms with Gasteiger partial charge >= 0.3 is 0 Å². The summed E-state index contributed by atoms with van der Waals surface area (Å²) in [7, 11) is 0. The highest BCUT2D eigenvalue weighted by Crippen LogP contribution is 2.29. The van der Waals surface area contributed by atoms with Crippen LogP contribution in [-0.2, 0) is 4.79 Å². The van der Waals surface area contributed by atoms with E-state index in [2.05, 4.69) is 10.9 Å². The van der Waals surface area contributed by atoms with Gasteiger partial charge in [0.05, 0.1) is 4.92 Å². The number of aryl methyl sites for hydroxylation is 1. The number of hydrazine groups is 1. The number of nitro groups is 1. The number of rotatable bonds is 6. The lowest BCUT2D eigenvalue weighted by Gasteiger charge is -2.12. The lowest BCUT2D eigenvalue weighted by atomic mass is 10.1. The van der Waals surface area contributed by atoms with Crippen molar-refractivity contribution in [2.75, 3.05) is 6.61 Å². The third-order valence-corrected chi connectivity index (χ3v) is 4.31. The smallest absolute Gasteiger partial charge is 0.276 e. The van der Waals surface area contributed by atoms with Crippen molar-refractivity contribution in [3.8, 4) is 16.9 Å². The molecule has 0 unspecified atom stereocenters. The standard InChI is InChI=1S/C22H19N3O5/c1-15-11-12-17(13-19(15)25(28)29)22(27)24-23-21(26)14-30-20-10-6-5-9-18(20)16-7-3-2-4-8-16/h2-13H,14H2,1H3,(H,23,26)(H,24,27). The van der Waals surface area contributed by atoms with Gasteiger partial charge in [0.2, 0.25) is 0 Å². The maximum absolute atomic E-state index is 12.2. The average molecular weight is 405 g/mol. The van der Waals surface area contributed by atoms with Crippen molar-refractivity contribution in [1.29, 1.82) is 0 Å². The summed E-state index contributed by atoms with van der Waals surface area (Å²) in [6, 6.07) is 21.0. The molecule has 0 radical (unpaired) electrons. The van der Waals surface area contributed by atoms with Crippen LogP contribution >= 0.6 is 0 Å². The molecule has 0 aliphatic heterocycles. The fraction of sp³-hybridized carbons (Fsp3) is 0.0909. The summed E-state index contributed by atoms with van der Waals surface area (Å²) in [6.07, 6.45) is 0. The minimum atomic E-state index is -0.670. The first-order valence-corrected chi connectivity index (χ1v) is 9.07. The van der Waals surface area contributed by atoms with Crippen LogP contribution in [0, 0.1) is 17.0 Å². The summed E-state index contributed by atoms with van der Waals surface area (Å²) in [6.45, 7) is 1.25. The van der Waals surface area contributed by atoms with Crippen LogP contribution in [0.1, 0.15) is 15.9 Å². The number of hydrogen-bond donors (Lipinski definition) is 2. The lowest BCUT2D eigenvalue weighted by Crippen LogP contribution is -2.43. The van der Waals surface area contributed by atoms with E-state index in [1.54, 1.807) is 19.1 Å². The molecule has 0 saturated carbocycles. The van der Waals surface area contributed by atoms with Gasteiger partial charge in [0.15, 0.2) is 6.61 Å². The van der Waals surface area contributed by atoms with Crippen LogP contribution in [0.3, 0.4) is 0 Å². The Balaban J connectivity index is 1.58. The van der Waals surface area contributed by atoms with Crippen LogP contribution in [0.5, 0.6) is 5.75 Å². The van der Waals surface area contributed by atoms with Crippen molar-refractivity contribution >= 4 is 17.5 Å². The topological polar surface area (TPSA) is 111 Å². The molecule has 2 amide bonds. The van der Waals surface area contributed by atoms with Gasteiger partial charge in [-0.2, -0.15) is 0 Å². The molecule has 3 aromatic carbocycles. The predicted octanol–water partition coefficient (Wildman–Crippen LogP) is 3.41. The van der Waals surface area contributed by atoms with Gasteiger partial charge in [0, 0.05) is 22.8 Å². The molecule has 0 aromatic heterocycles. The molecule has 0 atom stereocenters. The third kappa shape index (κ3) is 4.99. The van der Waals surface area contributed by atoms with Crippen LogP contribution in [0.15, 0.2) is 72.8 Å². The number of amides is 2. The number of nitro benzene ring substituents is 1. The van der Waals surface area contributed by atoms with Crippen molar-refractivity contribution in [2.24, 2.45) is 0 Å². The number of para-hydroxylation sites is 1. The number of hydrogen-bond acceptors (Lipinski definition) is 5. The number of nitrogens with one attached hydrogen (secondary N) is 2. The molecule has 0 spiro atoms. The van der Waals surface area contributed by atoms with E-state index in [9.17, 15) is 19.7 Å². The molecule has 0 saturated heterocycles. The molecule has 0 aliphatic carbocycles. The van der Waals surface area contributed by atoms with Gasteiger partial charge in [-0.3, -0.25) is 30.6 Å². The first-order chi connectivity index (χ1) is 14.5. The van der Waals surface area contributed by atoms with Gasteiger partial charge in [0.25, 0.3) is 17.5 Å². The van der Waals surface area contributed by atoms with Crippen LogP contribution in [-0.4, -0.2) is 23.3 Å². The Hall–Kier alpha value is -4.20. The van der Waals surface area contributed by atoms with Crippen LogP contribution in [0.25, 0.3) is 11.1 Å². The van der Waals surface area contributed by atoms with E-state index in [-0.39, 0.29) is 17.9 Å². The van der Waals surface area contributed by atoms with Gasteiger partial charge in [-0.25, -0.2) is 0 Å². The van der Waals surface area contributed by atoms with E-state index in [1.807, 2.05) is 42.5 Å². The average Bonchev–Trinajstić information content (AvgIpc) is 2.77. The van der Waals surface area contributed by atoms with E-state index in [1.165, 1.54) is 12.1 Å². The molecular formula is C22H19N3O5. The Morgan fingerprint density at radius 3 is 2.40 bits per heavy atom. The third-order valence-electron chi connectivity index (χ3n) is 4.31. The minimum absolute atomic E-state index is 0.0583. The SMILES string of the molecule is Cc1ccc(C(=O)NNC(=O)COc2ccccc2-c2ccccc2)cc1[N+](=O)[O-]. The highest BCUT2D eigenvalue weighted by molar-refractivity contribution is 5.96. The van der Waals surface area contributed by atoms with Crippen molar-refractivity contribution in [2.45, 2.75) is 6.92 Å². The highest BCUT2D eigenvalue weighted by atomic mass is 16.6. The zero-order chi connectivity index (χ0) is 21.5. The van der Waals surface area contributed by atoms with Crippen LogP contribution < -0.4 is 15.6 Å². The normalized spacial score (nSPS) is 10.2. The summed E-state index contributed by atoms with van der Waals surface area (Å²) in [5.41, 5.74) is 6.57. The highest BCUT2D eigenvalue weighted by Gasteiger charge is 2.15. The molecule has 0 bridgehead atoms. The van der Waals surface area contributed by atoms with Gasteiger partial charge in [-0.1, -0.05) is 54.6 Å². The monoisotopic (exact) mass is 405 g/mol. The van der Waals surface area contributed by atoms with Gasteiger partial charge in [-0.05, 0) is 24.6 Å². The molecule has 3 aromatic rings. The van der Waals surface area contributed by atoms with E-state index in [0.29, 0.717) is 11.3 Å². The first kappa shape index (κ1) is 20.5. The van der Waals surface area contributed by atoms with Crippen molar-refractivity contribution in [1.82, 2.24) is 10.9 Å².